The summed E-state index contributed by atoms with van der Waals surface area (Å²) in [5, 5.41) is 11.7. The van der Waals surface area contributed by atoms with Gasteiger partial charge in [0.1, 0.15) is 17.2 Å². The van der Waals surface area contributed by atoms with Gasteiger partial charge in [-0.3, -0.25) is 9.78 Å². The summed E-state index contributed by atoms with van der Waals surface area (Å²) in [4.78, 5) is 0. The number of anilines is 1. The molecule has 0 bridgehead atoms. The Balaban J connectivity index is 2.12. The molecule has 0 saturated carbocycles. The quantitative estimate of drug-likeness (QED) is 0.722. The van der Waals surface area contributed by atoms with Gasteiger partial charge in [0.15, 0.2) is 0 Å². The predicted molar refractivity (Wildman–Crippen MR) is 57.2 cm³/mol. The number of nitrogen functional groups attached to an aromatic ring is 1. The van der Waals surface area contributed by atoms with Crippen LogP contribution in [0.5, 0.6) is 0 Å². The average molecular weight is 203 g/mol. The molecule has 0 aliphatic heterocycles. The van der Waals surface area contributed by atoms with Crippen LogP contribution in [0.4, 0.5) is 5.82 Å². The first kappa shape index (κ1) is 8.52. The van der Waals surface area contributed by atoms with E-state index in [0.29, 0.717) is 5.82 Å². The number of nitrogens with zero attached hydrogens (tertiary/aromatic N) is 3. The van der Waals surface area contributed by atoms with Crippen LogP contribution in [0.2, 0.25) is 0 Å². The minimum absolute atomic E-state index is 0.666. The topological polar surface area (TPSA) is 72.5 Å². The molecule has 0 spiro atoms. The molecule has 15 heavy (non-hydrogen) atoms. The van der Waals surface area contributed by atoms with Crippen LogP contribution < -0.4 is 5.73 Å². The summed E-state index contributed by atoms with van der Waals surface area (Å²) >= 11 is 0. The fourth-order valence-electron chi connectivity index (χ4n) is 2.13. The highest BCUT2D eigenvalue weighted by atomic mass is 15.3. The van der Waals surface area contributed by atoms with Gasteiger partial charge in [-0.05, 0) is 19.3 Å². The van der Waals surface area contributed by atoms with Crippen LogP contribution in [0.25, 0.3) is 11.4 Å². The van der Waals surface area contributed by atoms with Gasteiger partial charge >= 0.3 is 0 Å². The minimum Gasteiger partial charge on any atom is -0.384 e. The van der Waals surface area contributed by atoms with Gasteiger partial charge in [0, 0.05) is 24.4 Å². The Hall–Kier alpha value is -1.78. The highest BCUT2D eigenvalue weighted by Gasteiger charge is 2.21. The van der Waals surface area contributed by atoms with Gasteiger partial charge in [-0.15, -0.1) is 0 Å². The van der Waals surface area contributed by atoms with E-state index in [-0.39, 0.29) is 0 Å². The predicted octanol–water partition coefficient (Wildman–Crippen LogP) is 0.881. The van der Waals surface area contributed by atoms with Crippen molar-refractivity contribution in [2.45, 2.75) is 19.3 Å². The fraction of sp³-hybridized carbons (Fsp3) is 0.400. The molecule has 2 aromatic rings. The molecule has 1 aliphatic rings. The number of aromatic nitrogens is 4. The van der Waals surface area contributed by atoms with Gasteiger partial charge in [0.2, 0.25) is 0 Å². The Bertz CT molecular complexity index is 488. The van der Waals surface area contributed by atoms with Crippen molar-refractivity contribution in [3.8, 4) is 11.4 Å². The van der Waals surface area contributed by atoms with Crippen molar-refractivity contribution in [2.75, 3.05) is 5.73 Å². The lowest BCUT2D eigenvalue weighted by Gasteiger charge is -1.93. The monoisotopic (exact) mass is 203 g/mol. The van der Waals surface area contributed by atoms with E-state index in [2.05, 4.69) is 15.3 Å². The zero-order valence-corrected chi connectivity index (χ0v) is 8.62. The number of hydrogen-bond donors (Lipinski definition) is 2. The Morgan fingerprint density at radius 1 is 1.47 bits per heavy atom. The lowest BCUT2D eigenvalue weighted by Crippen LogP contribution is -1.96. The van der Waals surface area contributed by atoms with E-state index in [1.807, 2.05) is 13.1 Å². The van der Waals surface area contributed by atoms with Crippen LogP contribution in [0.3, 0.4) is 0 Å². The third-order valence-electron chi connectivity index (χ3n) is 2.96. The summed E-state index contributed by atoms with van der Waals surface area (Å²) in [5.41, 5.74) is 10.2. The number of H-pyrrole nitrogens is 1. The number of nitrogens with one attached hydrogen (secondary N) is 1. The lowest BCUT2D eigenvalue weighted by atomic mass is 10.1. The van der Waals surface area contributed by atoms with Gasteiger partial charge in [-0.25, -0.2) is 0 Å². The summed E-state index contributed by atoms with van der Waals surface area (Å²) < 4.78 is 1.67. The summed E-state index contributed by atoms with van der Waals surface area (Å²) in [6.45, 7) is 0. The van der Waals surface area contributed by atoms with Gasteiger partial charge in [-0.2, -0.15) is 10.2 Å². The summed E-state index contributed by atoms with van der Waals surface area (Å²) in [7, 11) is 1.84. The molecule has 1 aliphatic carbocycles. The second-order valence-electron chi connectivity index (χ2n) is 3.96. The Labute approximate surface area is 87.3 Å². The fourth-order valence-corrected chi connectivity index (χ4v) is 2.13. The molecule has 5 heteroatoms. The highest BCUT2D eigenvalue weighted by molar-refractivity contribution is 5.63. The summed E-state index contributed by atoms with van der Waals surface area (Å²) in [6, 6.07) is 1.87. The van der Waals surface area contributed by atoms with E-state index in [0.717, 1.165) is 24.2 Å². The van der Waals surface area contributed by atoms with E-state index < -0.39 is 0 Å². The lowest BCUT2D eigenvalue weighted by molar-refractivity contribution is 0.779. The van der Waals surface area contributed by atoms with Crippen molar-refractivity contribution >= 4 is 5.82 Å². The van der Waals surface area contributed by atoms with E-state index in [4.69, 9.17) is 5.73 Å². The normalized spacial score (nSPS) is 14.5. The van der Waals surface area contributed by atoms with Gasteiger partial charge < -0.3 is 5.73 Å². The van der Waals surface area contributed by atoms with Crippen molar-refractivity contribution in [1.29, 1.82) is 0 Å². The molecule has 78 valence electrons. The van der Waals surface area contributed by atoms with Crippen LogP contribution in [0.15, 0.2) is 6.07 Å². The molecule has 2 heterocycles. The average Bonchev–Trinajstić information content (AvgIpc) is 2.81. The molecule has 0 fully saturated rings. The largest absolute Gasteiger partial charge is 0.384 e. The molecule has 2 aromatic heterocycles. The first-order chi connectivity index (χ1) is 7.25. The van der Waals surface area contributed by atoms with E-state index in [9.17, 15) is 0 Å². The molecule has 0 saturated heterocycles. The third-order valence-corrected chi connectivity index (χ3v) is 2.96. The highest BCUT2D eigenvalue weighted by Crippen LogP contribution is 2.29. The molecule has 3 N–H and O–H groups in total. The Morgan fingerprint density at radius 2 is 2.33 bits per heavy atom. The first-order valence-corrected chi connectivity index (χ1v) is 5.11. The molecule has 0 aromatic carbocycles. The number of rotatable bonds is 1. The van der Waals surface area contributed by atoms with E-state index in [1.165, 1.54) is 17.7 Å². The summed E-state index contributed by atoms with van der Waals surface area (Å²) in [6.07, 6.45) is 3.40. The van der Waals surface area contributed by atoms with Crippen LogP contribution in [0, 0.1) is 0 Å². The van der Waals surface area contributed by atoms with Crippen LogP contribution >= 0.6 is 0 Å². The SMILES string of the molecule is Cn1nc(-c2n[nH]c3c2CCC3)cc1N. The molecule has 0 radical (unpaired) electrons. The zero-order valence-electron chi connectivity index (χ0n) is 8.62. The summed E-state index contributed by atoms with van der Waals surface area (Å²) in [5.74, 6) is 0.666. The van der Waals surface area contributed by atoms with Crippen LogP contribution in [-0.2, 0) is 19.9 Å². The molecular weight excluding hydrogens is 190 g/mol. The molecule has 0 unspecified atom stereocenters. The smallest absolute Gasteiger partial charge is 0.122 e. The van der Waals surface area contributed by atoms with Gasteiger partial charge in [0.25, 0.3) is 0 Å². The third kappa shape index (κ3) is 1.16. The van der Waals surface area contributed by atoms with Crippen molar-refractivity contribution in [1.82, 2.24) is 20.0 Å². The number of nitrogens with two attached hydrogens (primary N) is 1. The second-order valence-corrected chi connectivity index (χ2v) is 3.96. The standard InChI is InChI=1S/C10H13N5/c1-15-9(11)5-8(14-15)10-6-3-2-4-7(6)12-13-10/h5H,2-4,11H2,1H3,(H,12,13). The molecular formula is C10H13N5. The van der Waals surface area contributed by atoms with E-state index >= 15 is 0 Å². The molecule has 5 nitrogen and oxygen atoms in total. The number of hydrogen-bond acceptors (Lipinski definition) is 3. The molecule has 0 amide bonds. The van der Waals surface area contributed by atoms with E-state index in [1.54, 1.807) is 4.68 Å². The van der Waals surface area contributed by atoms with Crippen molar-refractivity contribution in [3.05, 3.63) is 17.3 Å². The number of fused-ring (bicyclic) bond motifs is 1. The second kappa shape index (κ2) is 2.85. The number of aryl methyl sites for hydroxylation is 2. The maximum Gasteiger partial charge on any atom is 0.122 e. The van der Waals surface area contributed by atoms with Gasteiger partial charge in [-0.1, -0.05) is 0 Å². The minimum atomic E-state index is 0.666. The maximum absolute atomic E-state index is 5.75. The Morgan fingerprint density at radius 3 is 3.07 bits per heavy atom. The van der Waals surface area contributed by atoms with Crippen molar-refractivity contribution in [3.63, 3.8) is 0 Å². The first-order valence-electron chi connectivity index (χ1n) is 5.11. The molecule has 0 atom stereocenters. The van der Waals surface area contributed by atoms with Crippen molar-refractivity contribution < 1.29 is 0 Å². The number of aromatic amines is 1. The Kier molecular flexibility index (Phi) is 1.62. The molecule has 3 rings (SSSR count). The zero-order chi connectivity index (χ0) is 10.4. The van der Waals surface area contributed by atoms with Crippen LogP contribution in [0.1, 0.15) is 17.7 Å². The van der Waals surface area contributed by atoms with Gasteiger partial charge in [0.05, 0.1) is 0 Å². The van der Waals surface area contributed by atoms with Crippen LogP contribution in [-0.4, -0.2) is 20.0 Å². The maximum atomic E-state index is 5.75. The van der Waals surface area contributed by atoms with Crippen molar-refractivity contribution in [2.24, 2.45) is 7.05 Å².